The van der Waals surface area contributed by atoms with Crippen LogP contribution in [0.15, 0.2) is 11.4 Å². The lowest BCUT2D eigenvalue weighted by atomic mass is 9.97. The van der Waals surface area contributed by atoms with Gasteiger partial charge >= 0.3 is 0 Å². The predicted octanol–water partition coefficient (Wildman–Crippen LogP) is 2.80. The molecule has 2 heterocycles. The number of carbonyl (C=O) groups excluding carboxylic acids is 1. The van der Waals surface area contributed by atoms with Crippen molar-refractivity contribution in [2.75, 3.05) is 12.3 Å². The highest BCUT2D eigenvalue weighted by atomic mass is 32.2. The van der Waals surface area contributed by atoms with Crippen molar-refractivity contribution in [3.05, 3.63) is 16.8 Å². The minimum Gasteiger partial charge on any atom is -0.356 e. The third-order valence-corrected chi connectivity index (χ3v) is 5.62. The summed E-state index contributed by atoms with van der Waals surface area (Å²) in [5.41, 5.74) is 1.47. The largest absolute Gasteiger partial charge is 0.356 e. The van der Waals surface area contributed by atoms with Crippen molar-refractivity contribution < 1.29 is 4.79 Å². The second-order valence-electron chi connectivity index (χ2n) is 4.90. The van der Waals surface area contributed by atoms with Gasteiger partial charge in [-0.3, -0.25) is 4.79 Å². The Kier molecular flexibility index (Phi) is 4.21. The van der Waals surface area contributed by atoms with Crippen LogP contribution in [0.5, 0.6) is 0 Å². The van der Waals surface area contributed by atoms with Gasteiger partial charge in [0.25, 0.3) is 0 Å². The van der Waals surface area contributed by atoms with Crippen LogP contribution < -0.4 is 5.32 Å². The van der Waals surface area contributed by atoms with Gasteiger partial charge in [0.1, 0.15) is 16.2 Å². The number of thioether (sulfide) groups is 1. The summed E-state index contributed by atoms with van der Waals surface area (Å²) < 4.78 is 0. The first-order chi connectivity index (χ1) is 9.75. The number of aryl methyl sites for hydroxylation is 2. The molecule has 4 nitrogen and oxygen atoms in total. The van der Waals surface area contributed by atoms with E-state index in [4.69, 9.17) is 0 Å². The van der Waals surface area contributed by atoms with Crippen LogP contribution in [0.4, 0.5) is 0 Å². The Balaban J connectivity index is 1.83. The molecule has 2 aromatic heterocycles. The number of aromatic nitrogens is 2. The second-order valence-corrected chi connectivity index (χ2v) is 7.07. The number of thiophene rings is 1. The van der Waals surface area contributed by atoms with Gasteiger partial charge in [0, 0.05) is 29.5 Å². The molecule has 0 bridgehead atoms. The maximum atomic E-state index is 10.9. The SMILES string of the molecule is CC(=O)NCCSc1ncnc2sc3c(c12)CCCC3. The monoisotopic (exact) mass is 307 g/mol. The van der Waals surface area contributed by atoms with E-state index in [2.05, 4.69) is 15.3 Å². The molecule has 2 aromatic rings. The minimum atomic E-state index is 0.0198. The van der Waals surface area contributed by atoms with Gasteiger partial charge in [0.15, 0.2) is 0 Å². The Labute approximate surface area is 126 Å². The Hall–Kier alpha value is -1.14. The van der Waals surface area contributed by atoms with Crippen LogP contribution in [0.1, 0.15) is 30.2 Å². The number of amides is 1. The van der Waals surface area contributed by atoms with E-state index in [-0.39, 0.29) is 5.91 Å². The Morgan fingerprint density at radius 2 is 2.25 bits per heavy atom. The van der Waals surface area contributed by atoms with Crippen molar-refractivity contribution >= 4 is 39.2 Å². The van der Waals surface area contributed by atoms with E-state index in [0.29, 0.717) is 6.54 Å². The summed E-state index contributed by atoms with van der Waals surface area (Å²) in [6.45, 7) is 2.22. The molecule has 0 saturated carbocycles. The van der Waals surface area contributed by atoms with Crippen LogP contribution in [-0.4, -0.2) is 28.2 Å². The molecule has 1 aliphatic rings. The molecule has 3 rings (SSSR count). The first kappa shape index (κ1) is 13.8. The molecule has 0 aliphatic heterocycles. The van der Waals surface area contributed by atoms with Crippen molar-refractivity contribution in [3.8, 4) is 0 Å². The first-order valence-electron chi connectivity index (χ1n) is 6.88. The highest BCUT2D eigenvalue weighted by molar-refractivity contribution is 7.99. The van der Waals surface area contributed by atoms with Gasteiger partial charge in [-0.1, -0.05) is 0 Å². The standard InChI is InChI=1S/C14H17N3OS2/c1-9(18)15-6-7-19-13-12-10-4-2-3-5-11(10)20-14(12)17-8-16-13/h8H,2-7H2,1H3,(H,15,18). The van der Waals surface area contributed by atoms with E-state index in [1.165, 1.54) is 35.1 Å². The predicted molar refractivity (Wildman–Crippen MR) is 83.5 cm³/mol. The smallest absolute Gasteiger partial charge is 0.216 e. The third-order valence-electron chi connectivity index (χ3n) is 3.43. The Bertz CT molecular complexity index is 639. The van der Waals surface area contributed by atoms with E-state index in [1.807, 2.05) is 11.3 Å². The van der Waals surface area contributed by atoms with Crippen LogP contribution in [0.3, 0.4) is 0 Å². The van der Waals surface area contributed by atoms with E-state index in [0.717, 1.165) is 22.0 Å². The lowest BCUT2D eigenvalue weighted by molar-refractivity contribution is -0.118. The number of rotatable bonds is 4. The molecule has 20 heavy (non-hydrogen) atoms. The zero-order valence-electron chi connectivity index (χ0n) is 11.4. The van der Waals surface area contributed by atoms with Crippen molar-refractivity contribution in [1.82, 2.24) is 15.3 Å². The van der Waals surface area contributed by atoms with E-state index in [9.17, 15) is 4.79 Å². The van der Waals surface area contributed by atoms with Crippen molar-refractivity contribution in [2.24, 2.45) is 0 Å². The lowest BCUT2D eigenvalue weighted by Crippen LogP contribution is -2.22. The summed E-state index contributed by atoms with van der Waals surface area (Å²) in [5, 5.41) is 5.15. The molecule has 106 valence electrons. The van der Waals surface area contributed by atoms with E-state index < -0.39 is 0 Å². The third kappa shape index (κ3) is 2.81. The van der Waals surface area contributed by atoms with Crippen LogP contribution in [0.25, 0.3) is 10.2 Å². The topological polar surface area (TPSA) is 54.9 Å². The number of nitrogens with one attached hydrogen (secondary N) is 1. The molecule has 0 radical (unpaired) electrons. The second kappa shape index (κ2) is 6.10. The molecule has 1 amide bonds. The zero-order valence-corrected chi connectivity index (χ0v) is 13.1. The summed E-state index contributed by atoms with van der Waals surface area (Å²) in [4.78, 5) is 22.4. The molecule has 6 heteroatoms. The highest BCUT2D eigenvalue weighted by Crippen LogP contribution is 2.38. The van der Waals surface area contributed by atoms with Gasteiger partial charge < -0.3 is 5.32 Å². The summed E-state index contributed by atoms with van der Waals surface area (Å²) in [6.07, 6.45) is 6.56. The van der Waals surface area contributed by atoms with Gasteiger partial charge in [-0.05, 0) is 31.2 Å². The number of fused-ring (bicyclic) bond motifs is 3. The fraction of sp³-hybridized carbons (Fsp3) is 0.500. The van der Waals surface area contributed by atoms with Crippen molar-refractivity contribution in [2.45, 2.75) is 37.6 Å². The molecule has 0 atom stereocenters. The van der Waals surface area contributed by atoms with Crippen LogP contribution in [-0.2, 0) is 17.6 Å². The molecule has 0 aromatic carbocycles. The average Bonchev–Trinajstić information content (AvgIpc) is 2.82. The van der Waals surface area contributed by atoms with Crippen LogP contribution in [0, 0.1) is 0 Å². The zero-order chi connectivity index (χ0) is 13.9. The molecule has 1 N–H and O–H groups in total. The number of hydrogen-bond donors (Lipinski definition) is 1. The van der Waals surface area contributed by atoms with Gasteiger partial charge in [-0.2, -0.15) is 0 Å². The van der Waals surface area contributed by atoms with E-state index >= 15 is 0 Å². The van der Waals surface area contributed by atoms with Crippen molar-refractivity contribution in [3.63, 3.8) is 0 Å². The highest BCUT2D eigenvalue weighted by Gasteiger charge is 2.19. The van der Waals surface area contributed by atoms with Crippen molar-refractivity contribution in [1.29, 1.82) is 0 Å². The maximum Gasteiger partial charge on any atom is 0.216 e. The van der Waals surface area contributed by atoms with Gasteiger partial charge in [0.2, 0.25) is 5.91 Å². The molecule has 0 fully saturated rings. The fourth-order valence-corrected chi connectivity index (χ4v) is 4.72. The molecular formula is C14H17N3OS2. The Morgan fingerprint density at radius 1 is 1.40 bits per heavy atom. The molecule has 1 aliphatic carbocycles. The lowest BCUT2D eigenvalue weighted by Gasteiger charge is -2.11. The fourth-order valence-electron chi connectivity index (χ4n) is 2.55. The quantitative estimate of drug-likeness (QED) is 0.536. The first-order valence-corrected chi connectivity index (χ1v) is 8.68. The van der Waals surface area contributed by atoms with Crippen LogP contribution in [0.2, 0.25) is 0 Å². The van der Waals surface area contributed by atoms with E-state index in [1.54, 1.807) is 25.0 Å². The maximum absolute atomic E-state index is 10.9. The molecular weight excluding hydrogens is 290 g/mol. The number of carbonyl (C=O) groups is 1. The number of hydrogen-bond acceptors (Lipinski definition) is 5. The average molecular weight is 307 g/mol. The van der Waals surface area contributed by atoms with Gasteiger partial charge in [-0.15, -0.1) is 23.1 Å². The van der Waals surface area contributed by atoms with Gasteiger partial charge in [-0.25, -0.2) is 9.97 Å². The Morgan fingerprint density at radius 3 is 3.10 bits per heavy atom. The summed E-state index contributed by atoms with van der Waals surface area (Å²) in [5.74, 6) is 0.863. The summed E-state index contributed by atoms with van der Waals surface area (Å²) in [7, 11) is 0. The summed E-state index contributed by atoms with van der Waals surface area (Å²) in [6, 6.07) is 0. The molecule has 0 spiro atoms. The van der Waals surface area contributed by atoms with Crippen LogP contribution >= 0.6 is 23.1 Å². The molecule has 0 unspecified atom stereocenters. The normalized spacial score (nSPS) is 14.2. The summed E-state index contributed by atoms with van der Waals surface area (Å²) >= 11 is 3.53. The molecule has 0 saturated heterocycles. The minimum absolute atomic E-state index is 0.0198. The number of nitrogens with zero attached hydrogens (tertiary/aromatic N) is 2. The van der Waals surface area contributed by atoms with Gasteiger partial charge in [0.05, 0.1) is 0 Å².